The Morgan fingerprint density at radius 1 is 1.36 bits per heavy atom. The van der Waals surface area contributed by atoms with Crippen LogP contribution in [0.1, 0.15) is 0 Å². The number of alkyl halides is 3. The van der Waals surface area contributed by atoms with Gasteiger partial charge in [-0.05, 0) is 31.9 Å². The molecule has 0 saturated carbocycles. The average Bonchev–Trinajstić information content (AvgIpc) is 2.04. The fraction of sp³-hybridized carbons (Fsp3) is 0.167. The third-order valence-corrected chi connectivity index (χ3v) is 3.11. The highest BCUT2D eigenvalue weighted by Gasteiger charge is 2.33. The maximum absolute atomic E-state index is 11.8. The molecule has 1 heterocycles. The van der Waals surface area contributed by atoms with Crippen molar-refractivity contribution in [1.29, 1.82) is 0 Å². The van der Waals surface area contributed by atoms with E-state index in [-0.39, 0.29) is 8.95 Å². The lowest BCUT2D eigenvalue weighted by Gasteiger charge is -2.09. The first kappa shape index (κ1) is 11.6. The van der Waals surface area contributed by atoms with E-state index in [4.69, 9.17) is 0 Å². The summed E-state index contributed by atoms with van der Waals surface area (Å²) in [5.74, 6) is -0.827. The van der Waals surface area contributed by atoms with Gasteiger partial charge in [-0.25, -0.2) is 0 Å². The summed E-state index contributed by atoms with van der Waals surface area (Å²) in [6, 6.07) is 0. The van der Waals surface area contributed by atoms with Crippen LogP contribution in [0.25, 0.3) is 0 Å². The van der Waals surface area contributed by atoms with Gasteiger partial charge in [-0.1, -0.05) is 0 Å². The van der Waals surface area contributed by atoms with Crippen molar-refractivity contribution in [3.05, 3.63) is 25.5 Å². The van der Waals surface area contributed by atoms with Gasteiger partial charge >= 0.3 is 6.36 Å². The Morgan fingerprint density at radius 3 is 2.43 bits per heavy atom. The quantitative estimate of drug-likeness (QED) is 0.857. The molecular weight excluding hydrogens is 335 g/mol. The molecule has 0 atom stereocenters. The number of hydrogen-bond donors (Lipinski definition) is 1. The van der Waals surface area contributed by atoms with Crippen molar-refractivity contribution in [3.63, 3.8) is 0 Å². The van der Waals surface area contributed by atoms with Crippen LogP contribution >= 0.6 is 31.9 Å². The van der Waals surface area contributed by atoms with E-state index in [1.54, 1.807) is 0 Å². The highest BCUT2D eigenvalue weighted by Crippen LogP contribution is 2.31. The maximum Gasteiger partial charge on any atom is 0.573 e. The molecule has 0 amide bonds. The normalized spacial score (nSPS) is 11.5. The van der Waals surface area contributed by atoms with Gasteiger partial charge in [-0.2, -0.15) is 0 Å². The zero-order valence-corrected chi connectivity index (χ0v) is 9.46. The molecule has 0 aromatic carbocycles. The van der Waals surface area contributed by atoms with Gasteiger partial charge < -0.3 is 9.72 Å². The van der Waals surface area contributed by atoms with E-state index in [9.17, 15) is 18.0 Å². The van der Waals surface area contributed by atoms with E-state index in [1.165, 1.54) is 6.20 Å². The third kappa shape index (κ3) is 2.74. The van der Waals surface area contributed by atoms with Crippen molar-refractivity contribution in [2.45, 2.75) is 6.36 Å². The molecule has 8 heteroatoms. The summed E-state index contributed by atoms with van der Waals surface area (Å²) in [5, 5.41) is 0. The van der Waals surface area contributed by atoms with Crippen LogP contribution in [0.2, 0.25) is 0 Å². The number of nitrogens with one attached hydrogen (secondary N) is 1. The van der Waals surface area contributed by atoms with E-state index >= 15 is 0 Å². The molecule has 0 spiro atoms. The van der Waals surface area contributed by atoms with Crippen molar-refractivity contribution in [1.82, 2.24) is 4.98 Å². The van der Waals surface area contributed by atoms with E-state index in [0.717, 1.165) is 0 Å². The molecule has 0 aliphatic heterocycles. The van der Waals surface area contributed by atoms with E-state index in [2.05, 4.69) is 41.6 Å². The minimum absolute atomic E-state index is 0.0847. The summed E-state index contributed by atoms with van der Waals surface area (Å²) in [6.45, 7) is 0. The molecule has 78 valence electrons. The lowest BCUT2D eigenvalue weighted by molar-refractivity contribution is -0.275. The molecule has 3 nitrogen and oxygen atoms in total. The molecule has 0 aliphatic carbocycles. The summed E-state index contributed by atoms with van der Waals surface area (Å²) in [4.78, 5) is 13.0. The van der Waals surface area contributed by atoms with E-state index in [0.29, 0.717) is 0 Å². The number of rotatable bonds is 1. The Balaban J connectivity index is 3.20. The summed E-state index contributed by atoms with van der Waals surface area (Å²) < 4.78 is 39.2. The number of ether oxygens (including phenoxy) is 1. The molecule has 0 aliphatic rings. The largest absolute Gasteiger partial charge is 0.573 e. The zero-order valence-electron chi connectivity index (χ0n) is 6.28. The first-order valence-electron chi connectivity index (χ1n) is 3.13. The van der Waals surface area contributed by atoms with Crippen molar-refractivity contribution in [2.24, 2.45) is 0 Å². The molecule has 1 rings (SSSR count). The van der Waals surface area contributed by atoms with E-state index < -0.39 is 17.7 Å². The first-order chi connectivity index (χ1) is 6.31. The van der Waals surface area contributed by atoms with Crippen LogP contribution in [-0.4, -0.2) is 11.3 Å². The summed E-state index contributed by atoms with van der Waals surface area (Å²) in [5.41, 5.74) is -0.961. The predicted molar refractivity (Wildman–Crippen MR) is 49.1 cm³/mol. The fourth-order valence-corrected chi connectivity index (χ4v) is 1.34. The Labute approximate surface area is 92.5 Å². The molecule has 0 bridgehead atoms. The van der Waals surface area contributed by atoms with Crippen molar-refractivity contribution in [3.8, 4) is 5.75 Å². The van der Waals surface area contributed by atoms with Gasteiger partial charge in [-0.15, -0.1) is 13.2 Å². The smallest absolute Gasteiger partial charge is 0.399 e. The molecule has 14 heavy (non-hydrogen) atoms. The van der Waals surface area contributed by atoms with Gasteiger partial charge in [0.25, 0.3) is 5.56 Å². The first-order valence-corrected chi connectivity index (χ1v) is 4.72. The SMILES string of the molecule is O=c1[nH]cc(Br)c(Br)c1OC(F)(F)F. The van der Waals surface area contributed by atoms with Gasteiger partial charge in [0, 0.05) is 6.20 Å². The van der Waals surface area contributed by atoms with Gasteiger partial charge in [0.1, 0.15) is 0 Å². The Morgan fingerprint density at radius 2 is 1.93 bits per heavy atom. The minimum atomic E-state index is -4.89. The second kappa shape index (κ2) is 3.93. The van der Waals surface area contributed by atoms with Gasteiger partial charge in [0.15, 0.2) is 0 Å². The van der Waals surface area contributed by atoms with Crippen molar-refractivity contribution in [2.75, 3.05) is 0 Å². The van der Waals surface area contributed by atoms with Gasteiger partial charge in [0.05, 0.1) is 8.95 Å². The highest BCUT2D eigenvalue weighted by molar-refractivity contribution is 9.13. The lowest BCUT2D eigenvalue weighted by Crippen LogP contribution is -2.23. The summed E-state index contributed by atoms with van der Waals surface area (Å²) in [6.07, 6.45) is -3.69. The molecule has 0 radical (unpaired) electrons. The van der Waals surface area contributed by atoms with Crippen LogP contribution in [0.3, 0.4) is 0 Å². The fourth-order valence-electron chi connectivity index (χ4n) is 0.673. The number of H-pyrrole nitrogens is 1. The molecule has 1 aromatic heterocycles. The Bertz CT molecular complexity index is 401. The van der Waals surface area contributed by atoms with Crippen LogP contribution in [0.15, 0.2) is 19.9 Å². The van der Waals surface area contributed by atoms with Crippen LogP contribution < -0.4 is 10.3 Å². The predicted octanol–water partition coefficient (Wildman–Crippen LogP) is 2.80. The third-order valence-electron chi connectivity index (χ3n) is 1.16. The second-order valence-corrected chi connectivity index (χ2v) is 3.80. The van der Waals surface area contributed by atoms with Crippen LogP contribution in [0, 0.1) is 0 Å². The molecule has 0 unspecified atom stereocenters. The van der Waals surface area contributed by atoms with Crippen LogP contribution in [0.5, 0.6) is 5.75 Å². The topological polar surface area (TPSA) is 42.1 Å². The minimum Gasteiger partial charge on any atom is -0.399 e. The summed E-state index contributed by atoms with van der Waals surface area (Å²) >= 11 is 5.72. The Kier molecular flexibility index (Phi) is 3.25. The zero-order chi connectivity index (χ0) is 10.9. The second-order valence-electron chi connectivity index (χ2n) is 2.16. The number of hydrogen-bond acceptors (Lipinski definition) is 2. The van der Waals surface area contributed by atoms with Gasteiger partial charge in [0.2, 0.25) is 5.75 Å². The number of aromatic amines is 1. The molecule has 0 fully saturated rings. The number of pyridine rings is 1. The van der Waals surface area contributed by atoms with Crippen LogP contribution in [0.4, 0.5) is 13.2 Å². The molecule has 1 aromatic rings. The lowest BCUT2D eigenvalue weighted by atomic mass is 10.4. The molecular formula is C6H2Br2F3NO2. The number of halogens is 5. The van der Waals surface area contributed by atoms with Crippen LogP contribution in [-0.2, 0) is 0 Å². The maximum atomic E-state index is 11.8. The average molecular weight is 337 g/mol. The van der Waals surface area contributed by atoms with Gasteiger partial charge in [-0.3, -0.25) is 4.79 Å². The van der Waals surface area contributed by atoms with E-state index in [1.807, 2.05) is 0 Å². The number of aromatic nitrogens is 1. The highest BCUT2D eigenvalue weighted by atomic mass is 79.9. The van der Waals surface area contributed by atoms with Crippen molar-refractivity contribution >= 4 is 31.9 Å². The summed E-state index contributed by atoms with van der Waals surface area (Å²) in [7, 11) is 0. The van der Waals surface area contributed by atoms with Crippen molar-refractivity contribution < 1.29 is 17.9 Å². The monoisotopic (exact) mass is 335 g/mol. The Hall–Kier alpha value is -0.500. The standard InChI is InChI=1S/C6H2Br2F3NO2/c7-2-1-12-5(13)4(3(2)8)14-6(9,10)11/h1H,(H,12,13). The molecule has 1 N–H and O–H groups in total. The molecule has 0 saturated heterocycles.